The molecular weight excluding hydrogens is 336 g/mol. The van der Waals surface area contributed by atoms with Crippen molar-refractivity contribution in [2.75, 3.05) is 10.6 Å². The van der Waals surface area contributed by atoms with Gasteiger partial charge in [-0.25, -0.2) is 0 Å². The molecule has 0 atom stereocenters. The third kappa shape index (κ3) is 5.47. The number of carbonyl (C=O) groups is 3. The zero-order valence-electron chi connectivity index (χ0n) is 15.0. The van der Waals surface area contributed by atoms with E-state index in [-0.39, 0.29) is 30.4 Å². The van der Waals surface area contributed by atoms with Crippen LogP contribution < -0.4 is 10.6 Å². The number of hydrogen-bond acceptors (Lipinski definition) is 4. The summed E-state index contributed by atoms with van der Waals surface area (Å²) >= 11 is 0. The van der Waals surface area contributed by atoms with Crippen LogP contribution in [0.4, 0.5) is 11.4 Å². The normalized spacial score (nSPS) is 11.0. The van der Waals surface area contributed by atoms with Crippen LogP contribution in [0, 0.1) is 12.3 Å². The number of carboxylic acids is 1. The van der Waals surface area contributed by atoms with E-state index in [2.05, 4.69) is 10.6 Å². The highest BCUT2D eigenvalue weighted by Crippen LogP contribution is 2.26. The van der Waals surface area contributed by atoms with E-state index in [1.807, 2.05) is 6.92 Å². The third-order valence-electron chi connectivity index (χ3n) is 3.77. The van der Waals surface area contributed by atoms with Gasteiger partial charge in [0.05, 0.1) is 12.7 Å². The van der Waals surface area contributed by atoms with Crippen LogP contribution in [0.2, 0.25) is 0 Å². The molecule has 1 aromatic carbocycles. The quantitative estimate of drug-likeness (QED) is 0.700. The van der Waals surface area contributed by atoms with Gasteiger partial charge in [0, 0.05) is 17.8 Å². The van der Waals surface area contributed by atoms with Gasteiger partial charge in [-0.3, -0.25) is 14.4 Å². The summed E-state index contributed by atoms with van der Waals surface area (Å²) < 4.78 is 5.05. The summed E-state index contributed by atoms with van der Waals surface area (Å²) in [5.74, 6) is -1.34. The van der Waals surface area contributed by atoms with E-state index >= 15 is 0 Å². The summed E-state index contributed by atoms with van der Waals surface area (Å²) in [6.45, 7) is 5.28. The molecule has 0 fully saturated rings. The van der Waals surface area contributed by atoms with Gasteiger partial charge in [-0.2, -0.15) is 0 Å². The Bertz CT molecular complexity index is 809. The number of benzene rings is 1. The number of aliphatic carboxylic acids is 1. The predicted molar refractivity (Wildman–Crippen MR) is 97.1 cm³/mol. The van der Waals surface area contributed by atoms with Gasteiger partial charge < -0.3 is 20.2 Å². The summed E-state index contributed by atoms with van der Waals surface area (Å²) in [4.78, 5) is 35.0. The Morgan fingerprint density at radius 1 is 1.12 bits per heavy atom. The maximum absolute atomic E-state index is 12.2. The second kappa shape index (κ2) is 7.86. The molecular formula is C19H22N2O5. The van der Waals surface area contributed by atoms with Gasteiger partial charge in [0.25, 0.3) is 5.91 Å². The lowest BCUT2D eigenvalue weighted by Crippen LogP contribution is -2.24. The molecule has 7 heteroatoms. The van der Waals surface area contributed by atoms with Gasteiger partial charge in [-0.1, -0.05) is 13.8 Å². The van der Waals surface area contributed by atoms with Crippen molar-refractivity contribution in [2.45, 2.75) is 33.6 Å². The van der Waals surface area contributed by atoms with Crippen LogP contribution in [-0.2, 0) is 9.59 Å². The minimum absolute atomic E-state index is 0.0861. The van der Waals surface area contributed by atoms with Gasteiger partial charge >= 0.3 is 5.97 Å². The second-order valence-electron chi connectivity index (χ2n) is 6.92. The summed E-state index contributed by atoms with van der Waals surface area (Å²) in [6, 6.07) is 8.30. The van der Waals surface area contributed by atoms with Crippen LogP contribution >= 0.6 is 0 Å². The Kier molecular flexibility index (Phi) is 5.82. The summed E-state index contributed by atoms with van der Waals surface area (Å²) in [6.07, 6.45) is 1.43. The van der Waals surface area contributed by atoms with E-state index in [0.29, 0.717) is 11.4 Å². The molecule has 0 saturated carbocycles. The van der Waals surface area contributed by atoms with Gasteiger partial charge in [0.2, 0.25) is 5.91 Å². The maximum atomic E-state index is 12.2. The van der Waals surface area contributed by atoms with Crippen molar-refractivity contribution < 1.29 is 23.9 Å². The average molecular weight is 358 g/mol. The van der Waals surface area contributed by atoms with Crippen molar-refractivity contribution in [2.24, 2.45) is 5.41 Å². The first-order valence-electron chi connectivity index (χ1n) is 8.13. The van der Waals surface area contributed by atoms with Gasteiger partial charge in [0.1, 0.15) is 0 Å². The zero-order chi connectivity index (χ0) is 19.3. The molecule has 7 nitrogen and oxygen atoms in total. The van der Waals surface area contributed by atoms with Gasteiger partial charge in [-0.05, 0) is 48.2 Å². The summed E-state index contributed by atoms with van der Waals surface area (Å²) in [7, 11) is 0. The molecule has 0 unspecified atom stereocenters. The van der Waals surface area contributed by atoms with E-state index in [0.717, 1.165) is 5.56 Å². The van der Waals surface area contributed by atoms with Crippen LogP contribution in [0.25, 0.3) is 0 Å². The number of rotatable bonds is 7. The smallest absolute Gasteiger partial charge is 0.303 e. The molecule has 3 N–H and O–H groups in total. The zero-order valence-corrected chi connectivity index (χ0v) is 15.0. The number of nitrogens with one attached hydrogen (secondary N) is 2. The summed E-state index contributed by atoms with van der Waals surface area (Å²) in [5, 5.41) is 14.4. The molecule has 0 radical (unpaired) electrons. The molecule has 1 aromatic heterocycles. The van der Waals surface area contributed by atoms with Crippen LogP contribution in [0.3, 0.4) is 0 Å². The highest BCUT2D eigenvalue weighted by molar-refractivity contribution is 6.03. The molecule has 0 aliphatic heterocycles. The number of carbonyl (C=O) groups excluding carboxylic acids is 2. The average Bonchev–Trinajstić information content (AvgIpc) is 3.02. The molecule has 2 rings (SSSR count). The van der Waals surface area contributed by atoms with Crippen molar-refractivity contribution in [3.05, 3.63) is 47.9 Å². The number of amides is 2. The SMILES string of the molecule is Cc1cc(NC(=O)CC(C)(C)CC(=O)O)ccc1NC(=O)c1ccco1. The molecule has 0 aliphatic rings. The number of carboxylic acid groups (broad SMARTS) is 1. The van der Waals surface area contributed by atoms with E-state index in [1.165, 1.54) is 6.26 Å². The van der Waals surface area contributed by atoms with Crippen molar-refractivity contribution in [3.8, 4) is 0 Å². The van der Waals surface area contributed by atoms with E-state index in [9.17, 15) is 14.4 Å². The Hall–Kier alpha value is -3.09. The molecule has 1 heterocycles. The predicted octanol–water partition coefficient (Wildman–Crippen LogP) is 3.67. The van der Waals surface area contributed by atoms with Crippen LogP contribution in [0.1, 0.15) is 42.8 Å². The standard InChI is InChI=1S/C19H22N2O5/c1-12-9-13(20-16(22)10-19(2,3)11-17(23)24)6-7-14(12)21-18(25)15-5-4-8-26-15/h4-9H,10-11H2,1-3H3,(H,20,22)(H,21,25)(H,23,24). The Morgan fingerprint density at radius 2 is 1.85 bits per heavy atom. The monoisotopic (exact) mass is 358 g/mol. The Labute approximate surface area is 151 Å². The van der Waals surface area contributed by atoms with E-state index < -0.39 is 11.4 Å². The second-order valence-corrected chi connectivity index (χ2v) is 6.92. The summed E-state index contributed by atoms with van der Waals surface area (Å²) in [5.41, 5.74) is 1.32. The maximum Gasteiger partial charge on any atom is 0.303 e. The fourth-order valence-electron chi connectivity index (χ4n) is 2.59. The van der Waals surface area contributed by atoms with Crippen LogP contribution in [-0.4, -0.2) is 22.9 Å². The lowest BCUT2D eigenvalue weighted by atomic mass is 9.85. The molecule has 138 valence electrons. The first kappa shape index (κ1) is 19.2. The first-order valence-corrected chi connectivity index (χ1v) is 8.13. The Morgan fingerprint density at radius 3 is 2.42 bits per heavy atom. The molecule has 2 amide bonds. The molecule has 26 heavy (non-hydrogen) atoms. The van der Waals surface area contributed by atoms with Crippen molar-refractivity contribution in [3.63, 3.8) is 0 Å². The highest BCUT2D eigenvalue weighted by atomic mass is 16.4. The molecule has 0 bridgehead atoms. The molecule has 0 aliphatic carbocycles. The van der Waals surface area contributed by atoms with Gasteiger partial charge in [0.15, 0.2) is 5.76 Å². The van der Waals surface area contributed by atoms with Crippen LogP contribution in [0.15, 0.2) is 41.0 Å². The third-order valence-corrected chi connectivity index (χ3v) is 3.77. The lowest BCUT2D eigenvalue weighted by Gasteiger charge is -2.21. The number of furan rings is 1. The van der Waals surface area contributed by atoms with E-state index in [1.54, 1.807) is 44.2 Å². The minimum atomic E-state index is -0.935. The largest absolute Gasteiger partial charge is 0.481 e. The van der Waals surface area contributed by atoms with Crippen molar-refractivity contribution >= 4 is 29.2 Å². The minimum Gasteiger partial charge on any atom is -0.481 e. The lowest BCUT2D eigenvalue weighted by molar-refractivity contribution is -0.139. The van der Waals surface area contributed by atoms with E-state index in [4.69, 9.17) is 9.52 Å². The topological polar surface area (TPSA) is 109 Å². The van der Waals surface area contributed by atoms with Gasteiger partial charge in [-0.15, -0.1) is 0 Å². The Balaban J connectivity index is 1.99. The van der Waals surface area contributed by atoms with Crippen molar-refractivity contribution in [1.29, 1.82) is 0 Å². The number of aryl methyl sites for hydroxylation is 1. The molecule has 0 spiro atoms. The fourth-order valence-corrected chi connectivity index (χ4v) is 2.59. The molecule has 2 aromatic rings. The first-order chi connectivity index (χ1) is 12.2. The number of anilines is 2. The highest BCUT2D eigenvalue weighted by Gasteiger charge is 2.25. The molecule has 0 saturated heterocycles. The number of hydrogen-bond donors (Lipinski definition) is 3. The van der Waals surface area contributed by atoms with Crippen molar-refractivity contribution in [1.82, 2.24) is 0 Å². The fraction of sp³-hybridized carbons (Fsp3) is 0.316. The van der Waals surface area contributed by atoms with Crippen LogP contribution in [0.5, 0.6) is 0 Å².